The van der Waals surface area contributed by atoms with Crippen LogP contribution in [0.3, 0.4) is 0 Å². The molecule has 0 unspecified atom stereocenters. The van der Waals surface area contributed by atoms with E-state index in [2.05, 4.69) is 25.5 Å². The Bertz CT molecular complexity index is 1240. The van der Waals surface area contributed by atoms with Gasteiger partial charge in [-0.3, -0.25) is 9.69 Å². The second-order valence-electron chi connectivity index (χ2n) is 7.32. The Morgan fingerprint density at radius 2 is 2.09 bits per heavy atom. The van der Waals surface area contributed by atoms with Crippen molar-refractivity contribution in [3.05, 3.63) is 60.2 Å². The highest BCUT2D eigenvalue weighted by atomic mass is 19.4. The topological polar surface area (TPSA) is 111 Å². The molecule has 4 rings (SSSR count). The number of alkyl halides is 3. The first-order valence-corrected chi connectivity index (χ1v) is 10.1. The van der Waals surface area contributed by atoms with E-state index in [0.29, 0.717) is 5.82 Å². The van der Waals surface area contributed by atoms with E-state index in [0.717, 1.165) is 17.0 Å². The molecule has 2 aromatic heterocycles. The zero-order valence-electron chi connectivity index (χ0n) is 18.0. The molecule has 3 amide bonds. The summed E-state index contributed by atoms with van der Waals surface area (Å²) in [7, 11) is 1.33. The number of nitrogens with one attached hydrogen (secondary N) is 2. The first-order valence-electron chi connectivity index (χ1n) is 10.1. The van der Waals surface area contributed by atoms with E-state index in [1.54, 1.807) is 30.6 Å². The van der Waals surface area contributed by atoms with Crippen molar-refractivity contribution in [3.8, 4) is 11.6 Å². The maximum Gasteiger partial charge on any atom is 0.573 e. The number of hydrogen-bond donors (Lipinski definition) is 2. The fraction of sp³-hybridized carbons (Fsp3) is 0.238. The number of pyridine rings is 1. The predicted octanol–water partition coefficient (Wildman–Crippen LogP) is 3.16. The number of anilines is 2. The first kappa shape index (κ1) is 23.9. The molecule has 14 heteroatoms. The zero-order valence-corrected chi connectivity index (χ0v) is 18.0. The summed E-state index contributed by atoms with van der Waals surface area (Å²) in [5.74, 6) is -2.22. The van der Waals surface area contributed by atoms with Crippen molar-refractivity contribution in [3.63, 3.8) is 0 Å². The summed E-state index contributed by atoms with van der Waals surface area (Å²) in [6.07, 6.45) is -1.87. The lowest BCUT2D eigenvalue weighted by Crippen LogP contribution is -2.49. The van der Waals surface area contributed by atoms with E-state index in [4.69, 9.17) is 4.74 Å². The third-order valence-electron chi connectivity index (χ3n) is 4.89. The number of aromatic nitrogens is 3. The number of amides is 3. The predicted molar refractivity (Wildman–Crippen MR) is 114 cm³/mol. The second-order valence-corrected chi connectivity index (χ2v) is 7.32. The average Bonchev–Trinajstić information content (AvgIpc) is 3.33. The van der Waals surface area contributed by atoms with Crippen LogP contribution in [-0.4, -0.2) is 53.3 Å². The Morgan fingerprint density at radius 3 is 2.74 bits per heavy atom. The molecule has 35 heavy (non-hydrogen) atoms. The largest absolute Gasteiger partial charge is 0.573 e. The van der Waals surface area contributed by atoms with Crippen molar-refractivity contribution in [2.45, 2.75) is 12.4 Å². The molecule has 1 atom stereocenters. The van der Waals surface area contributed by atoms with Gasteiger partial charge < -0.3 is 20.1 Å². The van der Waals surface area contributed by atoms with Crippen molar-refractivity contribution in [1.29, 1.82) is 0 Å². The van der Waals surface area contributed by atoms with E-state index in [-0.39, 0.29) is 30.2 Å². The first-order chi connectivity index (χ1) is 16.6. The van der Waals surface area contributed by atoms with Crippen LogP contribution in [0.15, 0.2) is 48.8 Å². The van der Waals surface area contributed by atoms with E-state index < -0.39 is 35.9 Å². The molecular formula is C21H18F4N6O4. The van der Waals surface area contributed by atoms with Crippen LogP contribution in [0.4, 0.5) is 33.9 Å². The van der Waals surface area contributed by atoms with Gasteiger partial charge in [-0.1, -0.05) is 6.07 Å². The summed E-state index contributed by atoms with van der Waals surface area (Å²) < 4.78 is 61.7. The highest BCUT2D eigenvalue weighted by Gasteiger charge is 2.33. The normalized spacial score (nSPS) is 14.2. The molecule has 0 fully saturated rings. The minimum atomic E-state index is -5.06. The van der Waals surface area contributed by atoms with Gasteiger partial charge in [-0.25, -0.2) is 18.9 Å². The molecule has 0 aliphatic carbocycles. The second kappa shape index (κ2) is 9.58. The number of benzene rings is 1. The summed E-state index contributed by atoms with van der Waals surface area (Å²) in [6, 6.07) is 5.90. The Hall–Kier alpha value is -4.20. The van der Waals surface area contributed by atoms with Crippen LogP contribution >= 0.6 is 0 Å². The highest BCUT2D eigenvalue weighted by Crippen LogP contribution is 2.30. The van der Waals surface area contributed by atoms with Crippen LogP contribution in [0.25, 0.3) is 5.82 Å². The van der Waals surface area contributed by atoms with Crippen LogP contribution in [0.1, 0.15) is 11.6 Å². The van der Waals surface area contributed by atoms with Gasteiger partial charge in [0.2, 0.25) is 5.91 Å². The van der Waals surface area contributed by atoms with Gasteiger partial charge in [0.05, 0.1) is 18.3 Å². The molecule has 0 saturated carbocycles. The molecule has 1 aliphatic rings. The van der Waals surface area contributed by atoms with E-state index in [1.807, 2.05) is 0 Å². The number of rotatable bonds is 6. The third kappa shape index (κ3) is 5.48. The Morgan fingerprint density at radius 1 is 1.29 bits per heavy atom. The third-order valence-corrected chi connectivity index (χ3v) is 4.89. The number of methoxy groups -OCH3 is 1. The summed E-state index contributed by atoms with van der Waals surface area (Å²) in [5, 5.41) is 9.32. The summed E-state index contributed by atoms with van der Waals surface area (Å²) in [5.41, 5.74) is 0.405. The molecular weight excluding hydrogens is 476 g/mol. The summed E-state index contributed by atoms with van der Waals surface area (Å²) in [4.78, 5) is 30.8. The molecule has 3 aromatic rings. The molecule has 1 aliphatic heterocycles. The SMILES string of the molecule is COC[C@H](NC(=O)N1CC(=O)Nc2ccc(-n3cccn3)nc21)c1ccc(OC(F)(F)F)c(F)c1. The zero-order chi connectivity index (χ0) is 25.2. The molecule has 1 aromatic carbocycles. The van der Waals surface area contributed by atoms with Gasteiger partial charge in [-0.15, -0.1) is 13.2 Å². The van der Waals surface area contributed by atoms with Crippen molar-refractivity contribution in [2.75, 3.05) is 30.5 Å². The molecule has 0 bridgehead atoms. The van der Waals surface area contributed by atoms with E-state index >= 15 is 0 Å². The van der Waals surface area contributed by atoms with Gasteiger partial charge >= 0.3 is 12.4 Å². The number of carbonyl (C=O) groups is 2. The fourth-order valence-corrected chi connectivity index (χ4v) is 3.41. The van der Waals surface area contributed by atoms with Crippen LogP contribution in [-0.2, 0) is 9.53 Å². The number of nitrogens with zero attached hydrogens (tertiary/aromatic N) is 4. The molecule has 2 N–H and O–H groups in total. The van der Waals surface area contributed by atoms with Gasteiger partial charge in [-0.2, -0.15) is 5.10 Å². The minimum absolute atomic E-state index is 0.118. The lowest BCUT2D eigenvalue weighted by Gasteiger charge is -2.30. The van der Waals surface area contributed by atoms with Gasteiger partial charge in [0, 0.05) is 19.5 Å². The number of halogens is 4. The number of carbonyl (C=O) groups excluding carboxylic acids is 2. The molecule has 3 heterocycles. The summed E-state index contributed by atoms with van der Waals surface area (Å²) in [6.45, 7) is -0.501. The van der Waals surface area contributed by atoms with Crippen molar-refractivity contribution in [1.82, 2.24) is 20.1 Å². The van der Waals surface area contributed by atoms with Crippen LogP contribution < -0.4 is 20.3 Å². The quantitative estimate of drug-likeness (QED) is 0.510. The van der Waals surface area contributed by atoms with Crippen LogP contribution in [0.5, 0.6) is 5.75 Å². The fourth-order valence-electron chi connectivity index (χ4n) is 3.41. The Labute approximate surface area is 195 Å². The van der Waals surface area contributed by atoms with Crippen LogP contribution in [0, 0.1) is 5.82 Å². The monoisotopic (exact) mass is 494 g/mol. The number of ether oxygens (including phenoxy) is 2. The van der Waals surface area contributed by atoms with Gasteiger partial charge in [0.25, 0.3) is 0 Å². The molecule has 0 radical (unpaired) electrons. The molecule has 0 spiro atoms. The number of fused-ring (bicyclic) bond motifs is 1. The standard InChI is InChI=1S/C21H18F4N6O4/c1-34-11-15(12-3-5-16(13(22)9-12)35-21(23,24)25)28-20(33)30-10-18(32)27-14-4-6-17(29-19(14)30)31-8-2-7-26-31/h2-9,15H,10-11H2,1H3,(H,27,32)(H,28,33)/t15-/m0/s1. The van der Waals surface area contributed by atoms with Crippen LogP contribution in [0.2, 0.25) is 0 Å². The molecule has 0 saturated heterocycles. The van der Waals surface area contributed by atoms with Gasteiger partial charge in [-0.05, 0) is 35.9 Å². The summed E-state index contributed by atoms with van der Waals surface area (Å²) >= 11 is 0. The Kier molecular flexibility index (Phi) is 6.55. The van der Waals surface area contributed by atoms with Gasteiger partial charge in [0.15, 0.2) is 23.2 Å². The number of urea groups is 1. The van der Waals surface area contributed by atoms with Crippen molar-refractivity contribution >= 4 is 23.4 Å². The maximum atomic E-state index is 14.2. The average molecular weight is 494 g/mol. The molecule has 10 nitrogen and oxygen atoms in total. The van der Waals surface area contributed by atoms with Crippen molar-refractivity contribution < 1.29 is 36.6 Å². The van der Waals surface area contributed by atoms with E-state index in [9.17, 15) is 27.2 Å². The van der Waals surface area contributed by atoms with E-state index in [1.165, 1.54) is 17.9 Å². The minimum Gasteiger partial charge on any atom is -0.403 e. The Balaban J connectivity index is 1.59. The lowest BCUT2D eigenvalue weighted by molar-refractivity contribution is -0.275. The van der Waals surface area contributed by atoms with Gasteiger partial charge in [0.1, 0.15) is 6.54 Å². The maximum absolute atomic E-state index is 14.2. The lowest BCUT2D eigenvalue weighted by atomic mass is 10.1. The van der Waals surface area contributed by atoms with Crippen molar-refractivity contribution in [2.24, 2.45) is 0 Å². The highest BCUT2D eigenvalue weighted by molar-refractivity contribution is 6.08. The smallest absolute Gasteiger partial charge is 0.403 e. The number of hydrogen-bond acceptors (Lipinski definition) is 6. The molecule has 184 valence electrons.